The van der Waals surface area contributed by atoms with Crippen LogP contribution in [0.25, 0.3) is 0 Å². The number of hydrogen-bond acceptors (Lipinski definition) is 3. The van der Waals surface area contributed by atoms with Gasteiger partial charge >= 0.3 is 0 Å². The van der Waals surface area contributed by atoms with E-state index in [0.717, 1.165) is 37.9 Å². The van der Waals surface area contributed by atoms with Crippen LogP contribution < -0.4 is 5.32 Å². The molecule has 0 aromatic carbocycles. The first-order valence-electron chi connectivity index (χ1n) is 7.17. The molecule has 0 atom stereocenters. The molecule has 0 amide bonds. The van der Waals surface area contributed by atoms with Crippen LogP contribution in [0.2, 0.25) is 5.02 Å². The van der Waals surface area contributed by atoms with Gasteiger partial charge in [-0.1, -0.05) is 18.5 Å². The third-order valence-corrected chi connectivity index (χ3v) is 4.26. The maximum Gasteiger partial charge on any atom is 0.108 e. The Morgan fingerprint density at radius 3 is 2.68 bits per heavy atom. The van der Waals surface area contributed by atoms with Crippen LogP contribution in [0.5, 0.6) is 0 Å². The van der Waals surface area contributed by atoms with Gasteiger partial charge in [0, 0.05) is 12.1 Å². The molecule has 0 bridgehead atoms. The SMILES string of the molecule is CCNC1CCC(O)(c2c(Cl)cnn2C(C)C)CC1. The van der Waals surface area contributed by atoms with Gasteiger partial charge in [-0.2, -0.15) is 5.10 Å². The van der Waals surface area contributed by atoms with Crippen molar-refractivity contribution >= 4 is 11.6 Å². The molecule has 1 saturated carbocycles. The lowest BCUT2D eigenvalue weighted by molar-refractivity contribution is -0.0166. The fraction of sp³-hybridized carbons (Fsp3) is 0.786. The second-order valence-electron chi connectivity index (χ2n) is 5.74. The molecule has 5 heteroatoms. The molecule has 1 heterocycles. The molecule has 0 radical (unpaired) electrons. The molecular formula is C14H24ClN3O. The Bertz CT molecular complexity index is 422. The fourth-order valence-corrected chi connectivity index (χ4v) is 3.30. The normalized spacial score (nSPS) is 28.0. The molecule has 0 aliphatic heterocycles. The topological polar surface area (TPSA) is 50.1 Å². The molecule has 1 aromatic heterocycles. The van der Waals surface area contributed by atoms with Gasteiger partial charge in [-0.15, -0.1) is 0 Å². The van der Waals surface area contributed by atoms with Crippen molar-refractivity contribution in [3.8, 4) is 0 Å². The van der Waals surface area contributed by atoms with Crippen molar-refractivity contribution in [1.29, 1.82) is 0 Å². The van der Waals surface area contributed by atoms with Crippen molar-refractivity contribution in [3.63, 3.8) is 0 Å². The number of rotatable bonds is 4. The van der Waals surface area contributed by atoms with Crippen LogP contribution >= 0.6 is 11.6 Å². The minimum absolute atomic E-state index is 0.206. The van der Waals surface area contributed by atoms with Gasteiger partial charge in [-0.25, -0.2) is 0 Å². The molecule has 2 N–H and O–H groups in total. The lowest BCUT2D eigenvalue weighted by atomic mass is 9.80. The predicted molar refractivity (Wildman–Crippen MR) is 77.5 cm³/mol. The molecule has 0 unspecified atom stereocenters. The zero-order valence-electron chi connectivity index (χ0n) is 12.0. The number of nitrogens with zero attached hydrogens (tertiary/aromatic N) is 2. The van der Waals surface area contributed by atoms with E-state index in [1.54, 1.807) is 6.20 Å². The van der Waals surface area contributed by atoms with E-state index < -0.39 is 5.60 Å². The summed E-state index contributed by atoms with van der Waals surface area (Å²) >= 11 is 6.25. The van der Waals surface area contributed by atoms with Crippen LogP contribution in [0.15, 0.2) is 6.20 Å². The summed E-state index contributed by atoms with van der Waals surface area (Å²) in [7, 11) is 0. The Labute approximate surface area is 120 Å². The zero-order chi connectivity index (χ0) is 14.0. The largest absolute Gasteiger partial charge is 0.384 e. The predicted octanol–water partition coefficient (Wildman–Crippen LogP) is 2.86. The van der Waals surface area contributed by atoms with Crippen LogP contribution in [-0.4, -0.2) is 27.5 Å². The highest BCUT2D eigenvalue weighted by atomic mass is 35.5. The van der Waals surface area contributed by atoms with Gasteiger partial charge in [0.15, 0.2) is 0 Å². The van der Waals surface area contributed by atoms with Crippen molar-refractivity contribution in [2.45, 2.75) is 64.1 Å². The third-order valence-electron chi connectivity index (χ3n) is 3.99. The smallest absolute Gasteiger partial charge is 0.108 e. The second-order valence-corrected chi connectivity index (χ2v) is 6.15. The van der Waals surface area contributed by atoms with Gasteiger partial charge in [0.1, 0.15) is 5.60 Å². The first-order valence-corrected chi connectivity index (χ1v) is 7.55. The highest BCUT2D eigenvalue weighted by Gasteiger charge is 2.39. The number of aliphatic hydroxyl groups is 1. The first kappa shape index (κ1) is 14.8. The molecule has 19 heavy (non-hydrogen) atoms. The molecule has 0 spiro atoms. The Hall–Kier alpha value is -0.580. The van der Waals surface area contributed by atoms with Gasteiger partial charge in [0.05, 0.1) is 16.9 Å². The lowest BCUT2D eigenvalue weighted by Crippen LogP contribution is -2.41. The van der Waals surface area contributed by atoms with E-state index in [1.165, 1.54) is 0 Å². The molecule has 0 saturated heterocycles. The van der Waals surface area contributed by atoms with Crippen molar-refractivity contribution in [2.75, 3.05) is 6.54 Å². The standard InChI is InChI=1S/C14H24ClN3O/c1-4-16-11-5-7-14(19,8-6-11)13-12(15)9-17-18(13)10(2)3/h9-11,16,19H,4-8H2,1-3H3. The van der Waals surface area contributed by atoms with Crippen LogP contribution in [0.1, 0.15) is 58.2 Å². The molecular weight excluding hydrogens is 262 g/mol. The Balaban J connectivity index is 2.20. The van der Waals surface area contributed by atoms with E-state index >= 15 is 0 Å². The van der Waals surface area contributed by atoms with Crippen molar-refractivity contribution in [1.82, 2.24) is 15.1 Å². The number of hydrogen-bond donors (Lipinski definition) is 2. The molecule has 1 aliphatic rings. The van der Waals surface area contributed by atoms with Crippen molar-refractivity contribution in [2.24, 2.45) is 0 Å². The first-order chi connectivity index (χ1) is 8.98. The monoisotopic (exact) mass is 285 g/mol. The van der Waals surface area contributed by atoms with Crippen molar-refractivity contribution in [3.05, 3.63) is 16.9 Å². The summed E-state index contributed by atoms with van der Waals surface area (Å²) in [6.45, 7) is 7.21. The third kappa shape index (κ3) is 2.96. The summed E-state index contributed by atoms with van der Waals surface area (Å²) in [5.41, 5.74) is -0.0387. The summed E-state index contributed by atoms with van der Waals surface area (Å²) in [5.74, 6) is 0. The molecule has 2 rings (SSSR count). The molecule has 1 aromatic rings. The summed E-state index contributed by atoms with van der Waals surface area (Å²) in [6.07, 6.45) is 5.07. The van der Waals surface area contributed by atoms with Crippen LogP contribution in [-0.2, 0) is 5.60 Å². The number of aromatic nitrogens is 2. The molecule has 4 nitrogen and oxygen atoms in total. The minimum atomic E-state index is -0.830. The maximum atomic E-state index is 11.0. The van der Waals surface area contributed by atoms with E-state index in [-0.39, 0.29) is 6.04 Å². The summed E-state index contributed by atoms with van der Waals surface area (Å²) in [4.78, 5) is 0. The summed E-state index contributed by atoms with van der Waals surface area (Å²) in [6, 6.07) is 0.720. The molecule has 108 valence electrons. The number of halogens is 1. The molecule has 1 fully saturated rings. The highest BCUT2D eigenvalue weighted by molar-refractivity contribution is 6.31. The highest BCUT2D eigenvalue weighted by Crippen LogP contribution is 2.40. The number of nitrogens with one attached hydrogen (secondary N) is 1. The second kappa shape index (κ2) is 5.81. The zero-order valence-corrected chi connectivity index (χ0v) is 12.7. The van der Waals surface area contributed by atoms with E-state index in [9.17, 15) is 5.11 Å². The van der Waals surface area contributed by atoms with Gasteiger partial charge in [-0.05, 0) is 46.1 Å². The van der Waals surface area contributed by atoms with Gasteiger partial charge < -0.3 is 10.4 Å². The maximum absolute atomic E-state index is 11.0. The summed E-state index contributed by atoms with van der Waals surface area (Å²) < 4.78 is 1.86. The Morgan fingerprint density at radius 1 is 1.53 bits per heavy atom. The summed E-state index contributed by atoms with van der Waals surface area (Å²) in [5, 5.41) is 19.3. The van der Waals surface area contributed by atoms with Gasteiger partial charge in [0.2, 0.25) is 0 Å². The Morgan fingerprint density at radius 2 is 2.16 bits per heavy atom. The van der Waals surface area contributed by atoms with Crippen LogP contribution in [0.4, 0.5) is 0 Å². The minimum Gasteiger partial charge on any atom is -0.384 e. The van der Waals surface area contributed by atoms with E-state index in [0.29, 0.717) is 11.1 Å². The Kier molecular flexibility index (Phi) is 4.54. The van der Waals surface area contributed by atoms with Crippen LogP contribution in [0, 0.1) is 0 Å². The van der Waals surface area contributed by atoms with Crippen molar-refractivity contribution < 1.29 is 5.11 Å². The molecule has 1 aliphatic carbocycles. The average Bonchev–Trinajstić information content (AvgIpc) is 2.76. The average molecular weight is 286 g/mol. The van der Waals surface area contributed by atoms with E-state index in [4.69, 9.17) is 11.6 Å². The van der Waals surface area contributed by atoms with E-state index in [2.05, 4.69) is 31.2 Å². The van der Waals surface area contributed by atoms with Crippen LogP contribution in [0.3, 0.4) is 0 Å². The van der Waals surface area contributed by atoms with Gasteiger partial charge in [-0.3, -0.25) is 4.68 Å². The lowest BCUT2D eigenvalue weighted by Gasteiger charge is -2.37. The fourth-order valence-electron chi connectivity index (χ4n) is 2.99. The van der Waals surface area contributed by atoms with Gasteiger partial charge in [0.25, 0.3) is 0 Å². The quantitative estimate of drug-likeness (QED) is 0.894. The van der Waals surface area contributed by atoms with E-state index in [1.807, 2.05) is 4.68 Å².